The van der Waals surface area contributed by atoms with E-state index in [1.807, 2.05) is 13.8 Å². The van der Waals surface area contributed by atoms with E-state index in [0.29, 0.717) is 5.84 Å². The third-order valence-corrected chi connectivity index (χ3v) is 2.56. The Bertz CT molecular complexity index is 197. The lowest BCUT2D eigenvalue weighted by molar-refractivity contribution is 0.305. The molecular weight excluding hydrogens is 166 g/mol. The van der Waals surface area contributed by atoms with Gasteiger partial charge in [0.25, 0.3) is 0 Å². The SMILES string of the molecule is CC(C)(CCNC1CC1)C(N)=NO. The average molecular weight is 185 g/mol. The van der Waals surface area contributed by atoms with Crippen LogP contribution in [0.1, 0.15) is 33.1 Å². The topological polar surface area (TPSA) is 70.6 Å². The summed E-state index contributed by atoms with van der Waals surface area (Å²) >= 11 is 0. The van der Waals surface area contributed by atoms with E-state index in [-0.39, 0.29) is 5.41 Å². The molecule has 1 fully saturated rings. The molecule has 13 heavy (non-hydrogen) atoms. The van der Waals surface area contributed by atoms with E-state index in [1.165, 1.54) is 12.8 Å². The van der Waals surface area contributed by atoms with Crippen LogP contribution in [0.4, 0.5) is 0 Å². The van der Waals surface area contributed by atoms with E-state index in [1.54, 1.807) is 0 Å². The molecule has 0 atom stereocenters. The van der Waals surface area contributed by atoms with Crippen molar-refractivity contribution in [2.75, 3.05) is 6.54 Å². The summed E-state index contributed by atoms with van der Waals surface area (Å²) in [6.07, 6.45) is 3.49. The van der Waals surface area contributed by atoms with Gasteiger partial charge in [-0.25, -0.2) is 0 Å². The van der Waals surface area contributed by atoms with Gasteiger partial charge in [-0.2, -0.15) is 0 Å². The van der Waals surface area contributed by atoms with Gasteiger partial charge in [0.15, 0.2) is 0 Å². The molecule has 76 valence electrons. The number of oxime groups is 1. The predicted octanol–water partition coefficient (Wildman–Crippen LogP) is 0.901. The lowest BCUT2D eigenvalue weighted by atomic mass is 9.88. The number of hydrogen-bond acceptors (Lipinski definition) is 3. The van der Waals surface area contributed by atoms with Crippen molar-refractivity contribution in [3.63, 3.8) is 0 Å². The zero-order chi connectivity index (χ0) is 9.90. The van der Waals surface area contributed by atoms with E-state index in [9.17, 15) is 0 Å². The van der Waals surface area contributed by atoms with Gasteiger partial charge in [-0.1, -0.05) is 19.0 Å². The molecule has 0 heterocycles. The molecule has 0 amide bonds. The van der Waals surface area contributed by atoms with Gasteiger partial charge < -0.3 is 16.3 Å². The fourth-order valence-corrected chi connectivity index (χ4v) is 1.14. The van der Waals surface area contributed by atoms with Gasteiger partial charge in [0.05, 0.1) is 0 Å². The number of rotatable bonds is 5. The summed E-state index contributed by atoms with van der Waals surface area (Å²) in [4.78, 5) is 0. The Morgan fingerprint density at radius 1 is 1.62 bits per heavy atom. The van der Waals surface area contributed by atoms with Gasteiger partial charge in [-0.05, 0) is 25.8 Å². The van der Waals surface area contributed by atoms with Crippen LogP contribution in [0.2, 0.25) is 0 Å². The lowest BCUT2D eigenvalue weighted by Crippen LogP contribution is -2.35. The van der Waals surface area contributed by atoms with Gasteiger partial charge in [-0.3, -0.25) is 0 Å². The minimum Gasteiger partial charge on any atom is -0.409 e. The molecule has 0 spiro atoms. The Kier molecular flexibility index (Phi) is 3.14. The highest BCUT2D eigenvalue weighted by atomic mass is 16.4. The summed E-state index contributed by atoms with van der Waals surface area (Å²) in [5, 5.41) is 15.0. The maximum Gasteiger partial charge on any atom is 0.144 e. The molecule has 1 rings (SSSR count). The molecule has 1 saturated carbocycles. The van der Waals surface area contributed by atoms with Crippen LogP contribution in [0.15, 0.2) is 5.16 Å². The van der Waals surface area contributed by atoms with E-state index in [0.717, 1.165) is 19.0 Å². The molecule has 4 N–H and O–H groups in total. The summed E-state index contributed by atoms with van der Waals surface area (Å²) in [5.41, 5.74) is 5.34. The van der Waals surface area contributed by atoms with Crippen LogP contribution in [0.3, 0.4) is 0 Å². The second kappa shape index (κ2) is 3.96. The molecule has 0 bridgehead atoms. The highest BCUT2D eigenvalue weighted by molar-refractivity contribution is 5.85. The Morgan fingerprint density at radius 3 is 2.69 bits per heavy atom. The van der Waals surface area contributed by atoms with Crippen LogP contribution in [0.5, 0.6) is 0 Å². The monoisotopic (exact) mass is 185 g/mol. The largest absolute Gasteiger partial charge is 0.409 e. The normalized spacial score (nSPS) is 19.1. The molecule has 0 radical (unpaired) electrons. The molecule has 0 aliphatic heterocycles. The first-order valence-corrected chi connectivity index (χ1v) is 4.77. The predicted molar refractivity (Wildman–Crippen MR) is 52.8 cm³/mol. The van der Waals surface area contributed by atoms with Crippen molar-refractivity contribution in [2.45, 2.75) is 39.2 Å². The van der Waals surface area contributed by atoms with Gasteiger partial charge in [0.1, 0.15) is 5.84 Å². The third kappa shape index (κ3) is 3.22. The standard InChI is InChI=1S/C9H19N3O/c1-9(2,8(10)12-13)5-6-11-7-3-4-7/h7,11,13H,3-6H2,1-2H3,(H2,10,12). The zero-order valence-electron chi connectivity index (χ0n) is 8.38. The minimum atomic E-state index is -0.212. The summed E-state index contributed by atoms with van der Waals surface area (Å²) < 4.78 is 0. The molecule has 0 saturated heterocycles. The van der Waals surface area contributed by atoms with Crippen molar-refractivity contribution >= 4 is 5.84 Å². The van der Waals surface area contributed by atoms with Gasteiger partial charge >= 0.3 is 0 Å². The number of hydrogen-bond donors (Lipinski definition) is 3. The number of nitrogens with two attached hydrogens (primary N) is 1. The van der Waals surface area contributed by atoms with E-state index in [2.05, 4.69) is 10.5 Å². The molecule has 4 nitrogen and oxygen atoms in total. The first-order chi connectivity index (χ1) is 6.06. The van der Waals surface area contributed by atoms with Crippen LogP contribution < -0.4 is 11.1 Å². The first kappa shape index (κ1) is 10.3. The molecule has 0 aromatic heterocycles. The molecule has 0 unspecified atom stereocenters. The fraction of sp³-hybridized carbons (Fsp3) is 0.889. The average Bonchev–Trinajstić information content (AvgIpc) is 2.86. The first-order valence-electron chi connectivity index (χ1n) is 4.77. The van der Waals surface area contributed by atoms with Gasteiger partial charge in [-0.15, -0.1) is 0 Å². The zero-order valence-corrected chi connectivity index (χ0v) is 8.38. The van der Waals surface area contributed by atoms with Crippen LogP contribution in [-0.2, 0) is 0 Å². The minimum absolute atomic E-state index is 0.212. The summed E-state index contributed by atoms with van der Waals surface area (Å²) in [6.45, 7) is 4.90. The number of amidine groups is 1. The smallest absolute Gasteiger partial charge is 0.144 e. The van der Waals surface area contributed by atoms with Crippen LogP contribution in [-0.4, -0.2) is 23.6 Å². The van der Waals surface area contributed by atoms with Gasteiger partial charge in [0.2, 0.25) is 0 Å². The summed E-state index contributed by atoms with van der Waals surface area (Å²) in [5.74, 6) is 0.310. The van der Waals surface area contributed by atoms with Crippen molar-refractivity contribution in [2.24, 2.45) is 16.3 Å². The maximum atomic E-state index is 8.53. The van der Waals surface area contributed by atoms with E-state index >= 15 is 0 Å². The molecule has 1 aliphatic carbocycles. The maximum absolute atomic E-state index is 8.53. The number of nitrogens with one attached hydrogen (secondary N) is 1. The third-order valence-electron chi connectivity index (χ3n) is 2.56. The van der Waals surface area contributed by atoms with Crippen molar-refractivity contribution < 1.29 is 5.21 Å². The van der Waals surface area contributed by atoms with Crippen LogP contribution >= 0.6 is 0 Å². The molecule has 0 aromatic carbocycles. The summed E-state index contributed by atoms with van der Waals surface area (Å²) in [6, 6.07) is 0.725. The van der Waals surface area contributed by atoms with E-state index < -0.39 is 0 Å². The summed E-state index contributed by atoms with van der Waals surface area (Å²) in [7, 11) is 0. The Hall–Kier alpha value is -0.770. The van der Waals surface area contributed by atoms with Crippen molar-refractivity contribution in [1.82, 2.24) is 5.32 Å². The highest BCUT2D eigenvalue weighted by Crippen LogP contribution is 2.22. The lowest BCUT2D eigenvalue weighted by Gasteiger charge is -2.22. The van der Waals surface area contributed by atoms with Crippen LogP contribution in [0, 0.1) is 5.41 Å². The second-order valence-corrected chi connectivity index (χ2v) is 4.35. The fourth-order valence-electron chi connectivity index (χ4n) is 1.14. The molecule has 4 heteroatoms. The number of nitrogens with zero attached hydrogens (tertiary/aromatic N) is 1. The molecular formula is C9H19N3O. The highest BCUT2D eigenvalue weighted by Gasteiger charge is 2.25. The Labute approximate surface area is 79.2 Å². The molecule has 0 aromatic rings. The Balaban J connectivity index is 2.23. The molecule has 1 aliphatic rings. The quantitative estimate of drug-likeness (QED) is 0.258. The van der Waals surface area contributed by atoms with Crippen LogP contribution in [0.25, 0.3) is 0 Å². The van der Waals surface area contributed by atoms with Crippen molar-refractivity contribution in [3.8, 4) is 0 Å². The second-order valence-electron chi connectivity index (χ2n) is 4.35. The van der Waals surface area contributed by atoms with Gasteiger partial charge in [0, 0.05) is 11.5 Å². The Morgan fingerprint density at radius 2 is 2.23 bits per heavy atom. The van der Waals surface area contributed by atoms with E-state index in [4.69, 9.17) is 10.9 Å². The van der Waals surface area contributed by atoms with Crippen molar-refractivity contribution in [3.05, 3.63) is 0 Å². The van der Waals surface area contributed by atoms with Crippen molar-refractivity contribution in [1.29, 1.82) is 0 Å².